The number of rotatable bonds is 6. The molecule has 0 unspecified atom stereocenters. The fourth-order valence-electron chi connectivity index (χ4n) is 2.02. The average Bonchev–Trinajstić information content (AvgIpc) is 2.71. The van der Waals surface area contributed by atoms with Crippen LogP contribution >= 0.6 is 11.3 Å². The number of carbonyl (C=O) groups is 1. The van der Waals surface area contributed by atoms with Crippen LogP contribution in [-0.2, 0) is 11.3 Å². The van der Waals surface area contributed by atoms with Crippen molar-refractivity contribution in [2.45, 2.75) is 31.4 Å². The lowest BCUT2D eigenvalue weighted by atomic mass is 9.80. The Balaban J connectivity index is 1.79. The van der Waals surface area contributed by atoms with Crippen molar-refractivity contribution in [1.29, 1.82) is 0 Å². The van der Waals surface area contributed by atoms with Crippen molar-refractivity contribution in [2.75, 3.05) is 13.7 Å². The predicted molar refractivity (Wildman–Crippen MR) is 66.6 cm³/mol. The minimum absolute atomic E-state index is 0.0207. The molecule has 17 heavy (non-hydrogen) atoms. The van der Waals surface area contributed by atoms with Crippen LogP contribution in [0.15, 0.2) is 11.4 Å². The van der Waals surface area contributed by atoms with Gasteiger partial charge in [0.1, 0.15) is 0 Å². The Hall–Kier alpha value is -0.910. The highest BCUT2D eigenvalue weighted by Crippen LogP contribution is 2.34. The molecule has 1 fully saturated rings. The number of thiophene rings is 1. The van der Waals surface area contributed by atoms with Gasteiger partial charge < -0.3 is 15.2 Å². The number of carboxylic acids is 1. The summed E-state index contributed by atoms with van der Waals surface area (Å²) in [6.45, 7) is 1.55. The van der Waals surface area contributed by atoms with E-state index in [-0.39, 0.29) is 5.60 Å². The average molecular weight is 255 g/mol. The molecule has 4 nitrogen and oxygen atoms in total. The third kappa shape index (κ3) is 2.86. The van der Waals surface area contributed by atoms with Gasteiger partial charge in [0.15, 0.2) is 0 Å². The fourth-order valence-corrected chi connectivity index (χ4v) is 2.85. The van der Waals surface area contributed by atoms with E-state index in [1.807, 2.05) is 0 Å². The molecule has 0 atom stereocenters. The van der Waals surface area contributed by atoms with Crippen molar-refractivity contribution < 1.29 is 14.6 Å². The molecule has 0 bridgehead atoms. The van der Waals surface area contributed by atoms with Crippen LogP contribution in [0.4, 0.5) is 0 Å². The third-order valence-corrected chi connectivity index (χ3v) is 4.28. The third-order valence-electron chi connectivity index (χ3n) is 3.34. The number of carboxylic acid groups (broad SMARTS) is 1. The fraction of sp³-hybridized carbons (Fsp3) is 0.583. The summed E-state index contributed by atoms with van der Waals surface area (Å²) >= 11 is 1.48. The molecule has 0 aromatic carbocycles. The molecule has 1 saturated carbocycles. The topological polar surface area (TPSA) is 58.6 Å². The van der Waals surface area contributed by atoms with Gasteiger partial charge in [-0.3, -0.25) is 0 Å². The summed E-state index contributed by atoms with van der Waals surface area (Å²) in [7, 11) is 1.76. The van der Waals surface area contributed by atoms with Crippen LogP contribution in [-0.4, -0.2) is 30.3 Å². The van der Waals surface area contributed by atoms with Gasteiger partial charge in [0.25, 0.3) is 0 Å². The van der Waals surface area contributed by atoms with Gasteiger partial charge in [-0.1, -0.05) is 0 Å². The van der Waals surface area contributed by atoms with E-state index in [4.69, 9.17) is 9.84 Å². The van der Waals surface area contributed by atoms with Crippen LogP contribution in [0.25, 0.3) is 0 Å². The van der Waals surface area contributed by atoms with Crippen LogP contribution in [0.5, 0.6) is 0 Å². The van der Waals surface area contributed by atoms with Crippen LogP contribution in [0.3, 0.4) is 0 Å². The number of methoxy groups -OCH3 is 1. The Bertz CT molecular complexity index is 393. The standard InChI is InChI=1S/C12H17NO3S/c1-16-12(3-2-4-12)8-13-6-10-5-9(7-17-10)11(14)15/h5,7,13H,2-4,6,8H2,1H3,(H,14,15). The Kier molecular flexibility index (Phi) is 3.81. The molecule has 0 spiro atoms. The molecule has 1 aromatic rings. The first-order valence-electron chi connectivity index (χ1n) is 5.72. The van der Waals surface area contributed by atoms with Gasteiger partial charge in [0, 0.05) is 30.5 Å². The molecule has 1 heterocycles. The smallest absolute Gasteiger partial charge is 0.336 e. The lowest BCUT2D eigenvalue weighted by Crippen LogP contribution is -2.47. The first-order chi connectivity index (χ1) is 8.15. The zero-order valence-electron chi connectivity index (χ0n) is 9.86. The van der Waals surface area contributed by atoms with Crippen LogP contribution in [0.2, 0.25) is 0 Å². The molecule has 0 amide bonds. The maximum atomic E-state index is 10.7. The van der Waals surface area contributed by atoms with E-state index >= 15 is 0 Å². The molecule has 2 N–H and O–H groups in total. The molecule has 1 aromatic heterocycles. The van der Waals surface area contributed by atoms with Gasteiger partial charge in [-0.05, 0) is 25.3 Å². The first-order valence-corrected chi connectivity index (χ1v) is 6.60. The number of hydrogen-bond donors (Lipinski definition) is 2. The zero-order valence-corrected chi connectivity index (χ0v) is 10.7. The number of aromatic carboxylic acids is 1. The van der Waals surface area contributed by atoms with Crippen molar-refractivity contribution in [1.82, 2.24) is 5.32 Å². The van der Waals surface area contributed by atoms with E-state index in [9.17, 15) is 4.79 Å². The number of hydrogen-bond acceptors (Lipinski definition) is 4. The molecule has 94 valence electrons. The van der Waals surface area contributed by atoms with Crippen molar-refractivity contribution in [3.05, 3.63) is 21.9 Å². The zero-order chi connectivity index (χ0) is 12.3. The molecular weight excluding hydrogens is 238 g/mol. The van der Waals surface area contributed by atoms with E-state index in [0.29, 0.717) is 12.1 Å². The van der Waals surface area contributed by atoms with Gasteiger partial charge in [0.2, 0.25) is 0 Å². The van der Waals surface area contributed by atoms with Crippen molar-refractivity contribution in [3.63, 3.8) is 0 Å². The summed E-state index contributed by atoms with van der Waals surface area (Å²) in [5.74, 6) is -0.861. The van der Waals surface area contributed by atoms with E-state index in [1.54, 1.807) is 18.6 Å². The van der Waals surface area contributed by atoms with E-state index < -0.39 is 5.97 Å². The second-order valence-electron chi connectivity index (χ2n) is 4.45. The number of ether oxygens (including phenoxy) is 1. The van der Waals surface area contributed by atoms with Gasteiger partial charge in [-0.25, -0.2) is 4.79 Å². The monoisotopic (exact) mass is 255 g/mol. The minimum atomic E-state index is -0.861. The van der Waals surface area contributed by atoms with Crippen LogP contribution in [0.1, 0.15) is 34.5 Å². The Morgan fingerprint density at radius 3 is 2.88 bits per heavy atom. The molecule has 5 heteroatoms. The first kappa shape index (κ1) is 12.5. The van der Waals surface area contributed by atoms with Crippen molar-refractivity contribution in [2.24, 2.45) is 0 Å². The summed E-state index contributed by atoms with van der Waals surface area (Å²) in [6.07, 6.45) is 3.46. The highest BCUT2D eigenvalue weighted by atomic mass is 32.1. The van der Waals surface area contributed by atoms with Gasteiger partial charge in [-0.2, -0.15) is 0 Å². The maximum Gasteiger partial charge on any atom is 0.336 e. The summed E-state index contributed by atoms with van der Waals surface area (Å²) in [6, 6.07) is 1.72. The summed E-state index contributed by atoms with van der Waals surface area (Å²) in [5, 5.41) is 13.8. The second-order valence-corrected chi connectivity index (χ2v) is 5.45. The van der Waals surface area contributed by atoms with Crippen LogP contribution in [0, 0.1) is 0 Å². The molecule has 0 saturated heterocycles. The summed E-state index contributed by atoms with van der Waals surface area (Å²) in [5.41, 5.74) is 0.393. The lowest BCUT2D eigenvalue weighted by Gasteiger charge is -2.40. The Labute approximate surface area is 105 Å². The molecule has 2 rings (SSSR count). The summed E-state index contributed by atoms with van der Waals surface area (Å²) < 4.78 is 5.50. The van der Waals surface area contributed by atoms with Crippen LogP contribution < -0.4 is 5.32 Å². The van der Waals surface area contributed by atoms with Gasteiger partial charge in [0.05, 0.1) is 11.2 Å². The van der Waals surface area contributed by atoms with E-state index in [2.05, 4.69) is 5.32 Å². The van der Waals surface area contributed by atoms with Crippen molar-refractivity contribution >= 4 is 17.3 Å². The number of nitrogens with one attached hydrogen (secondary N) is 1. The maximum absolute atomic E-state index is 10.7. The Morgan fingerprint density at radius 1 is 1.65 bits per heavy atom. The van der Waals surface area contributed by atoms with Gasteiger partial charge >= 0.3 is 5.97 Å². The highest BCUT2D eigenvalue weighted by molar-refractivity contribution is 7.10. The molecular formula is C12H17NO3S. The van der Waals surface area contributed by atoms with E-state index in [1.165, 1.54) is 17.8 Å². The Morgan fingerprint density at radius 2 is 2.41 bits per heavy atom. The van der Waals surface area contributed by atoms with E-state index in [0.717, 1.165) is 24.3 Å². The quantitative estimate of drug-likeness (QED) is 0.817. The SMILES string of the molecule is COC1(CNCc2cc(C(=O)O)cs2)CCC1. The summed E-state index contributed by atoms with van der Waals surface area (Å²) in [4.78, 5) is 11.8. The predicted octanol–water partition coefficient (Wildman–Crippen LogP) is 2.10. The molecule has 0 aliphatic heterocycles. The second kappa shape index (κ2) is 5.16. The minimum Gasteiger partial charge on any atom is -0.478 e. The van der Waals surface area contributed by atoms with Gasteiger partial charge in [-0.15, -0.1) is 11.3 Å². The van der Waals surface area contributed by atoms with Crippen molar-refractivity contribution in [3.8, 4) is 0 Å². The largest absolute Gasteiger partial charge is 0.478 e. The molecule has 1 aliphatic carbocycles. The highest BCUT2D eigenvalue weighted by Gasteiger charge is 2.36. The molecule has 0 radical (unpaired) electrons. The normalized spacial score (nSPS) is 17.7. The molecule has 1 aliphatic rings. The lowest BCUT2D eigenvalue weighted by molar-refractivity contribution is -0.0695.